The van der Waals surface area contributed by atoms with Crippen molar-refractivity contribution in [2.24, 2.45) is 11.8 Å². The summed E-state index contributed by atoms with van der Waals surface area (Å²) in [5.74, 6) is 1.65. The van der Waals surface area contributed by atoms with E-state index in [9.17, 15) is 0 Å². The third-order valence-corrected chi connectivity index (χ3v) is 3.20. The van der Waals surface area contributed by atoms with Crippen LogP contribution < -0.4 is 0 Å². The average molecular weight is 155 g/mol. The first-order valence-corrected chi connectivity index (χ1v) is 4.52. The van der Waals surface area contributed by atoms with Gasteiger partial charge in [0, 0.05) is 20.2 Å². The summed E-state index contributed by atoms with van der Waals surface area (Å²) in [6.45, 7) is 2.49. The molecule has 2 unspecified atom stereocenters. The van der Waals surface area contributed by atoms with Crippen LogP contribution in [0.15, 0.2) is 0 Å². The van der Waals surface area contributed by atoms with Crippen molar-refractivity contribution >= 4 is 0 Å². The molecular weight excluding hydrogens is 138 g/mol. The number of ether oxygens (including phenoxy) is 1. The van der Waals surface area contributed by atoms with Gasteiger partial charge in [0.2, 0.25) is 0 Å². The molecule has 0 radical (unpaired) electrons. The minimum atomic E-state index is 0.575. The summed E-state index contributed by atoms with van der Waals surface area (Å²) in [4.78, 5) is 2.44. The van der Waals surface area contributed by atoms with Crippen molar-refractivity contribution in [2.45, 2.75) is 18.9 Å². The lowest BCUT2D eigenvalue weighted by atomic mass is 9.95. The molecule has 0 spiro atoms. The highest BCUT2D eigenvalue weighted by Crippen LogP contribution is 2.37. The average Bonchev–Trinajstić information content (AvgIpc) is 2.23. The number of fused-ring (bicyclic) bond motifs is 2. The van der Waals surface area contributed by atoms with Gasteiger partial charge in [-0.25, -0.2) is 0 Å². The van der Waals surface area contributed by atoms with Gasteiger partial charge in [0.1, 0.15) is 0 Å². The van der Waals surface area contributed by atoms with Gasteiger partial charge in [0.05, 0.1) is 6.10 Å². The van der Waals surface area contributed by atoms with Crippen LogP contribution in [0, 0.1) is 11.8 Å². The van der Waals surface area contributed by atoms with Crippen LogP contribution in [-0.2, 0) is 4.74 Å². The van der Waals surface area contributed by atoms with E-state index >= 15 is 0 Å². The van der Waals surface area contributed by atoms with E-state index in [-0.39, 0.29) is 0 Å². The molecule has 1 aliphatic carbocycles. The molecular formula is C9H17NO. The van der Waals surface area contributed by atoms with Gasteiger partial charge in [-0.1, -0.05) is 0 Å². The first-order chi connectivity index (χ1) is 5.31. The maximum Gasteiger partial charge on any atom is 0.0652 e. The number of hydrogen-bond acceptors (Lipinski definition) is 2. The Morgan fingerprint density at radius 1 is 1.18 bits per heavy atom. The smallest absolute Gasteiger partial charge is 0.0652 e. The Morgan fingerprint density at radius 2 is 1.73 bits per heavy atom. The van der Waals surface area contributed by atoms with Gasteiger partial charge >= 0.3 is 0 Å². The summed E-state index contributed by atoms with van der Waals surface area (Å²) >= 11 is 0. The van der Waals surface area contributed by atoms with Crippen LogP contribution in [0.25, 0.3) is 0 Å². The van der Waals surface area contributed by atoms with E-state index in [1.165, 1.54) is 25.9 Å². The van der Waals surface area contributed by atoms with E-state index in [2.05, 4.69) is 11.9 Å². The van der Waals surface area contributed by atoms with Crippen LogP contribution in [0.3, 0.4) is 0 Å². The van der Waals surface area contributed by atoms with Crippen LogP contribution in [-0.4, -0.2) is 38.3 Å². The Kier molecular flexibility index (Phi) is 1.90. The summed E-state index contributed by atoms with van der Waals surface area (Å²) < 4.78 is 5.50. The van der Waals surface area contributed by atoms with Crippen LogP contribution in [0.1, 0.15) is 12.8 Å². The maximum absolute atomic E-state index is 5.50. The normalized spacial score (nSPS) is 44.7. The molecule has 2 heteroatoms. The SMILES string of the molecule is COC1C2CCC1CN(C)C2. The number of nitrogens with zero attached hydrogens (tertiary/aromatic N) is 1. The highest BCUT2D eigenvalue weighted by molar-refractivity contribution is 4.92. The van der Waals surface area contributed by atoms with Crippen molar-refractivity contribution in [3.63, 3.8) is 0 Å². The molecule has 2 fully saturated rings. The van der Waals surface area contributed by atoms with E-state index in [1.54, 1.807) is 0 Å². The van der Waals surface area contributed by atoms with Gasteiger partial charge < -0.3 is 9.64 Å². The highest BCUT2D eigenvalue weighted by atomic mass is 16.5. The Hall–Kier alpha value is -0.0800. The number of rotatable bonds is 1. The second-order valence-electron chi connectivity index (χ2n) is 4.02. The number of hydrogen-bond donors (Lipinski definition) is 0. The molecule has 64 valence electrons. The van der Waals surface area contributed by atoms with Gasteiger partial charge in [0.15, 0.2) is 0 Å². The zero-order valence-electron chi connectivity index (χ0n) is 7.42. The predicted octanol–water partition coefficient (Wildman–Crippen LogP) is 0.973. The lowest BCUT2D eigenvalue weighted by Gasteiger charge is -2.34. The van der Waals surface area contributed by atoms with Gasteiger partial charge in [-0.3, -0.25) is 0 Å². The van der Waals surface area contributed by atoms with Gasteiger partial charge in [-0.15, -0.1) is 0 Å². The molecule has 2 nitrogen and oxygen atoms in total. The van der Waals surface area contributed by atoms with Crippen LogP contribution in [0.4, 0.5) is 0 Å². The molecule has 0 aromatic heterocycles. The van der Waals surface area contributed by atoms with E-state index in [4.69, 9.17) is 4.74 Å². The fraction of sp³-hybridized carbons (Fsp3) is 1.00. The summed E-state index contributed by atoms with van der Waals surface area (Å²) in [5, 5.41) is 0. The molecule has 0 amide bonds. The molecule has 1 heterocycles. The van der Waals surface area contributed by atoms with Crippen molar-refractivity contribution in [3.05, 3.63) is 0 Å². The molecule has 2 bridgehead atoms. The lowest BCUT2D eigenvalue weighted by Crippen LogP contribution is -2.43. The Balaban J connectivity index is 2.06. The van der Waals surface area contributed by atoms with Crippen LogP contribution >= 0.6 is 0 Å². The van der Waals surface area contributed by atoms with Crippen molar-refractivity contribution in [3.8, 4) is 0 Å². The topological polar surface area (TPSA) is 12.5 Å². The number of piperidine rings is 1. The number of likely N-dealkylation sites (tertiary alicyclic amines) is 1. The maximum atomic E-state index is 5.50. The summed E-state index contributed by atoms with van der Waals surface area (Å²) in [6.07, 6.45) is 3.34. The van der Waals surface area contributed by atoms with Crippen molar-refractivity contribution in [1.82, 2.24) is 4.90 Å². The molecule has 2 rings (SSSR count). The molecule has 1 aliphatic heterocycles. The molecule has 0 N–H and O–H groups in total. The molecule has 0 aromatic carbocycles. The monoisotopic (exact) mass is 155 g/mol. The predicted molar refractivity (Wildman–Crippen MR) is 44.5 cm³/mol. The number of methoxy groups -OCH3 is 1. The summed E-state index contributed by atoms with van der Waals surface area (Å²) in [5.41, 5.74) is 0. The van der Waals surface area contributed by atoms with Crippen molar-refractivity contribution < 1.29 is 4.74 Å². The van der Waals surface area contributed by atoms with Gasteiger partial charge in [-0.05, 0) is 31.7 Å². The standard InChI is InChI=1S/C9H17NO/c1-10-5-7-3-4-8(6-10)9(7)11-2/h7-9H,3-6H2,1-2H3. The van der Waals surface area contributed by atoms with E-state index in [1.807, 2.05) is 7.11 Å². The largest absolute Gasteiger partial charge is 0.381 e. The Labute approximate surface area is 68.5 Å². The van der Waals surface area contributed by atoms with E-state index < -0.39 is 0 Å². The first kappa shape index (κ1) is 7.56. The van der Waals surface area contributed by atoms with E-state index in [0.29, 0.717) is 6.10 Å². The minimum absolute atomic E-state index is 0.575. The fourth-order valence-corrected chi connectivity index (χ4v) is 2.79. The van der Waals surface area contributed by atoms with Gasteiger partial charge in [0.25, 0.3) is 0 Å². The Bertz CT molecular complexity index is 134. The fourth-order valence-electron chi connectivity index (χ4n) is 2.79. The molecule has 11 heavy (non-hydrogen) atoms. The third kappa shape index (κ3) is 1.18. The highest BCUT2D eigenvalue weighted by Gasteiger charge is 2.40. The quantitative estimate of drug-likeness (QED) is 0.559. The summed E-state index contributed by atoms with van der Waals surface area (Å²) in [6, 6.07) is 0. The van der Waals surface area contributed by atoms with Crippen LogP contribution in [0.5, 0.6) is 0 Å². The zero-order valence-corrected chi connectivity index (χ0v) is 7.42. The van der Waals surface area contributed by atoms with Gasteiger partial charge in [-0.2, -0.15) is 0 Å². The molecule has 2 atom stereocenters. The second-order valence-corrected chi connectivity index (χ2v) is 4.02. The van der Waals surface area contributed by atoms with E-state index in [0.717, 1.165) is 11.8 Å². The summed E-state index contributed by atoms with van der Waals surface area (Å²) in [7, 11) is 4.08. The van der Waals surface area contributed by atoms with Crippen molar-refractivity contribution in [1.29, 1.82) is 0 Å². The Morgan fingerprint density at radius 3 is 2.18 bits per heavy atom. The zero-order chi connectivity index (χ0) is 7.84. The van der Waals surface area contributed by atoms with Crippen molar-refractivity contribution in [2.75, 3.05) is 27.2 Å². The first-order valence-electron chi connectivity index (χ1n) is 4.52. The molecule has 2 aliphatic rings. The lowest BCUT2D eigenvalue weighted by molar-refractivity contribution is -0.00886. The molecule has 1 saturated heterocycles. The second kappa shape index (κ2) is 2.76. The van der Waals surface area contributed by atoms with Crippen LogP contribution in [0.2, 0.25) is 0 Å². The molecule has 0 aromatic rings. The molecule has 1 saturated carbocycles. The minimum Gasteiger partial charge on any atom is -0.381 e. The third-order valence-electron chi connectivity index (χ3n) is 3.20.